The third-order valence-corrected chi connectivity index (χ3v) is 8.54. The minimum atomic E-state index is -3.56. The number of carbonyl (C=O) groups is 1. The Bertz CT molecular complexity index is 1330. The molecule has 0 saturated carbocycles. The van der Waals surface area contributed by atoms with E-state index in [4.69, 9.17) is 5.41 Å². The first-order chi connectivity index (χ1) is 15.2. The molecule has 0 saturated heterocycles. The average Bonchev–Trinajstić information content (AvgIpc) is 3.32. The maximum absolute atomic E-state index is 12.7. The number of fused-ring (bicyclic) bond motifs is 1. The molecule has 2 aliphatic heterocycles. The van der Waals surface area contributed by atoms with Crippen LogP contribution in [0.2, 0.25) is 0 Å². The largest absolute Gasteiger partial charge is 0.318 e. The summed E-state index contributed by atoms with van der Waals surface area (Å²) in [5.41, 5.74) is 5.02. The lowest BCUT2D eigenvalue weighted by Crippen LogP contribution is -2.35. The first-order valence-electron chi connectivity index (χ1n) is 10.2. The highest BCUT2D eigenvalue weighted by Gasteiger charge is 2.39. The molecular formula is C22H23N5O3S2. The van der Waals surface area contributed by atoms with Crippen LogP contribution < -0.4 is 0 Å². The number of aromatic nitrogens is 1. The predicted molar refractivity (Wildman–Crippen MR) is 129 cm³/mol. The molecule has 0 fully saturated rings. The van der Waals surface area contributed by atoms with Crippen LogP contribution in [0.15, 0.2) is 46.0 Å². The van der Waals surface area contributed by atoms with Crippen LogP contribution in [-0.2, 0) is 21.1 Å². The normalized spacial score (nSPS) is 17.6. The van der Waals surface area contributed by atoms with E-state index in [0.717, 1.165) is 45.8 Å². The van der Waals surface area contributed by atoms with Gasteiger partial charge in [-0.3, -0.25) is 10.2 Å². The van der Waals surface area contributed by atoms with Crippen LogP contribution >= 0.6 is 11.8 Å². The van der Waals surface area contributed by atoms with E-state index in [1.807, 2.05) is 19.9 Å². The number of benzene rings is 1. The van der Waals surface area contributed by atoms with Crippen molar-refractivity contribution in [1.82, 2.24) is 9.58 Å². The molecule has 1 amide bonds. The number of hydrogen-bond donors (Lipinski definition) is 1. The number of aryl methyl sites for hydroxylation is 2. The van der Waals surface area contributed by atoms with Gasteiger partial charge in [-0.1, -0.05) is 26.0 Å². The van der Waals surface area contributed by atoms with Gasteiger partial charge in [0.25, 0.3) is 5.91 Å². The number of nitrogens with one attached hydrogen (secondary N) is 1. The summed E-state index contributed by atoms with van der Waals surface area (Å²) in [5, 5.41) is 13.7. The van der Waals surface area contributed by atoms with E-state index in [0.29, 0.717) is 0 Å². The fraction of sp³-hybridized carbons (Fsp3) is 0.273. The number of amides is 1. The van der Waals surface area contributed by atoms with Gasteiger partial charge in [0.1, 0.15) is 0 Å². The Morgan fingerprint density at radius 1 is 1.16 bits per heavy atom. The van der Waals surface area contributed by atoms with Gasteiger partial charge in [-0.15, -0.1) is 5.10 Å². The van der Waals surface area contributed by atoms with Gasteiger partial charge < -0.3 is 4.57 Å². The Kier molecular flexibility index (Phi) is 5.68. The summed E-state index contributed by atoms with van der Waals surface area (Å²) in [5.74, 6) is -0.892. The molecule has 1 N–H and O–H groups in total. The van der Waals surface area contributed by atoms with E-state index in [1.165, 1.54) is 12.5 Å². The predicted octanol–water partition coefficient (Wildman–Crippen LogP) is 3.67. The molecular weight excluding hydrogens is 446 g/mol. The van der Waals surface area contributed by atoms with Crippen molar-refractivity contribution in [3.63, 3.8) is 0 Å². The summed E-state index contributed by atoms with van der Waals surface area (Å²) in [6.45, 7) is 7.56. The minimum absolute atomic E-state index is 0.0647. The summed E-state index contributed by atoms with van der Waals surface area (Å²) in [4.78, 5) is 16.7. The van der Waals surface area contributed by atoms with Gasteiger partial charge in [0, 0.05) is 17.1 Å². The van der Waals surface area contributed by atoms with Gasteiger partial charge in [0.2, 0.25) is 19.4 Å². The fourth-order valence-corrected chi connectivity index (χ4v) is 5.75. The Labute approximate surface area is 191 Å². The molecule has 2 aromatic rings. The molecule has 0 unspecified atom stereocenters. The Morgan fingerprint density at radius 2 is 1.84 bits per heavy atom. The molecule has 4 rings (SSSR count). The monoisotopic (exact) mass is 469 g/mol. The first kappa shape index (κ1) is 22.2. The molecule has 0 bridgehead atoms. The van der Waals surface area contributed by atoms with Crippen molar-refractivity contribution in [3.05, 3.63) is 58.4 Å². The van der Waals surface area contributed by atoms with Crippen molar-refractivity contribution in [2.45, 2.75) is 34.1 Å². The zero-order valence-corrected chi connectivity index (χ0v) is 19.8. The third-order valence-electron chi connectivity index (χ3n) is 5.45. The highest BCUT2D eigenvalue weighted by molar-refractivity contribution is 8.42. The second-order valence-corrected chi connectivity index (χ2v) is 10.9. The summed E-state index contributed by atoms with van der Waals surface area (Å²) in [7, 11) is -3.56. The molecule has 1 aromatic carbocycles. The van der Waals surface area contributed by atoms with Gasteiger partial charge in [-0.05, 0) is 67.4 Å². The molecule has 3 heterocycles. The standard InChI is InChI=1S/C22H23N5O3S2/c1-5-15-7-9-17(10-8-15)26-13(3)11-16(14(26)4)12-18-19(23)27-21(24-20(18)28)31-22(25-27)32(29,30)6-2/h7-12,23H,5-6H2,1-4H3/b18-12-,23-19?. The van der Waals surface area contributed by atoms with Crippen LogP contribution in [-0.4, -0.2) is 45.0 Å². The van der Waals surface area contributed by atoms with E-state index >= 15 is 0 Å². The summed E-state index contributed by atoms with van der Waals surface area (Å²) in [6.07, 6.45) is 2.59. The Morgan fingerprint density at radius 3 is 2.47 bits per heavy atom. The number of thioether (sulfide) groups is 1. The molecule has 0 spiro atoms. The van der Waals surface area contributed by atoms with Gasteiger partial charge in [0.05, 0.1) is 11.3 Å². The molecule has 166 valence electrons. The number of carbonyl (C=O) groups excluding carboxylic acids is 1. The smallest absolute Gasteiger partial charge is 0.283 e. The quantitative estimate of drug-likeness (QED) is 0.688. The highest BCUT2D eigenvalue weighted by Crippen LogP contribution is 2.31. The zero-order valence-electron chi connectivity index (χ0n) is 18.2. The summed E-state index contributed by atoms with van der Waals surface area (Å²) < 4.78 is 26.3. The SMILES string of the molecule is CCc1ccc(-n2c(C)cc(/C=C3/C(=N)N4N=C(S(=O)(=O)CC)SC4=NC3=O)c2C)cc1. The molecule has 8 nitrogen and oxygen atoms in total. The van der Waals surface area contributed by atoms with Crippen molar-refractivity contribution in [1.29, 1.82) is 5.41 Å². The topological polar surface area (TPSA) is 108 Å². The van der Waals surface area contributed by atoms with Crippen molar-refractivity contribution in [2.75, 3.05) is 5.75 Å². The molecule has 0 radical (unpaired) electrons. The number of hydrazone groups is 1. The lowest BCUT2D eigenvalue weighted by Gasteiger charge is -2.20. The molecule has 10 heteroatoms. The lowest BCUT2D eigenvalue weighted by molar-refractivity contribution is -0.114. The van der Waals surface area contributed by atoms with Crippen molar-refractivity contribution < 1.29 is 13.2 Å². The van der Waals surface area contributed by atoms with Crippen molar-refractivity contribution in [2.24, 2.45) is 10.1 Å². The minimum Gasteiger partial charge on any atom is -0.318 e. The van der Waals surface area contributed by atoms with Crippen molar-refractivity contribution >= 4 is 49.0 Å². The van der Waals surface area contributed by atoms with Gasteiger partial charge in [-0.2, -0.15) is 10.0 Å². The molecule has 2 aliphatic rings. The highest BCUT2D eigenvalue weighted by atomic mass is 32.3. The molecule has 0 atom stereocenters. The van der Waals surface area contributed by atoms with E-state index in [1.54, 1.807) is 6.08 Å². The Hall–Kier alpha value is -2.98. The van der Waals surface area contributed by atoms with Gasteiger partial charge in [-0.25, -0.2) is 8.42 Å². The van der Waals surface area contributed by atoms with E-state index < -0.39 is 15.7 Å². The van der Waals surface area contributed by atoms with Crippen LogP contribution in [0.3, 0.4) is 0 Å². The number of aliphatic imine (C=N–C) groups is 1. The van der Waals surface area contributed by atoms with Gasteiger partial charge in [0.15, 0.2) is 5.84 Å². The Balaban J connectivity index is 1.72. The van der Waals surface area contributed by atoms with Crippen LogP contribution in [0.25, 0.3) is 11.8 Å². The lowest BCUT2D eigenvalue weighted by atomic mass is 10.1. The van der Waals surface area contributed by atoms with E-state index in [-0.39, 0.29) is 26.7 Å². The molecule has 32 heavy (non-hydrogen) atoms. The van der Waals surface area contributed by atoms with E-state index in [9.17, 15) is 13.2 Å². The maximum Gasteiger partial charge on any atom is 0.283 e. The van der Waals surface area contributed by atoms with Gasteiger partial charge >= 0.3 is 0 Å². The van der Waals surface area contributed by atoms with Crippen molar-refractivity contribution in [3.8, 4) is 5.69 Å². The summed E-state index contributed by atoms with van der Waals surface area (Å²) in [6, 6.07) is 10.3. The average molecular weight is 470 g/mol. The summed E-state index contributed by atoms with van der Waals surface area (Å²) >= 11 is 0.797. The number of sulfone groups is 1. The van der Waals surface area contributed by atoms with E-state index in [2.05, 4.69) is 45.9 Å². The number of rotatable bonds is 4. The molecule has 0 aliphatic carbocycles. The second-order valence-electron chi connectivity index (χ2n) is 7.47. The first-order valence-corrected chi connectivity index (χ1v) is 12.6. The zero-order chi connectivity index (χ0) is 23.2. The van der Waals surface area contributed by atoms with Crippen LogP contribution in [0.5, 0.6) is 0 Å². The maximum atomic E-state index is 12.7. The van der Waals surface area contributed by atoms with Crippen LogP contribution in [0, 0.1) is 19.3 Å². The number of nitrogens with zero attached hydrogens (tertiary/aromatic N) is 4. The molecule has 1 aromatic heterocycles. The number of amidine groups is 2. The fourth-order valence-electron chi connectivity index (χ4n) is 3.59. The third kappa shape index (κ3) is 3.73. The second kappa shape index (κ2) is 8.18. The number of hydrogen-bond acceptors (Lipinski definition) is 6. The van der Waals surface area contributed by atoms with Crippen LogP contribution in [0.1, 0.15) is 36.4 Å². The van der Waals surface area contributed by atoms with Crippen LogP contribution in [0.4, 0.5) is 0 Å².